The van der Waals surface area contributed by atoms with Crippen molar-refractivity contribution >= 4 is 23.7 Å². The lowest BCUT2D eigenvalue weighted by atomic mass is 9.99. The van der Waals surface area contributed by atoms with E-state index >= 15 is 0 Å². The highest BCUT2D eigenvalue weighted by Gasteiger charge is 2.14. The zero-order valence-corrected chi connectivity index (χ0v) is 11.2. The number of rotatable bonds is 4. The van der Waals surface area contributed by atoms with Gasteiger partial charge in [0.2, 0.25) is 0 Å². The van der Waals surface area contributed by atoms with Gasteiger partial charge in [-0.05, 0) is 45.3 Å². The summed E-state index contributed by atoms with van der Waals surface area (Å²) in [4.78, 5) is 4.32. The number of halogens is 1. The van der Waals surface area contributed by atoms with Crippen molar-refractivity contribution in [2.24, 2.45) is 5.92 Å². The molecule has 1 fully saturated rings. The second kappa shape index (κ2) is 7.22. The molecule has 1 aromatic heterocycles. The Labute approximate surface area is 107 Å². The summed E-state index contributed by atoms with van der Waals surface area (Å²) in [7, 11) is 0. The maximum atomic E-state index is 4.32. The molecule has 0 amide bonds. The van der Waals surface area contributed by atoms with E-state index in [1.165, 1.54) is 24.4 Å². The van der Waals surface area contributed by atoms with Crippen molar-refractivity contribution in [2.45, 2.75) is 25.8 Å². The number of nitrogens with one attached hydrogen (secondary N) is 2. The smallest absolute Gasteiger partial charge is 0.109 e. The normalized spacial score (nSPS) is 22.4. The molecule has 0 radical (unpaired) electrons. The Balaban J connectivity index is 0.00000128. The van der Waals surface area contributed by atoms with Gasteiger partial charge in [0.15, 0.2) is 0 Å². The Bertz CT molecular complexity index is 273. The van der Waals surface area contributed by atoms with Gasteiger partial charge in [-0.15, -0.1) is 23.7 Å². The summed E-state index contributed by atoms with van der Waals surface area (Å²) in [6.07, 6.45) is 4.54. The number of piperidine rings is 1. The quantitative estimate of drug-likeness (QED) is 0.873. The van der Waals surface area contributed by atoms with Crippen molar-refractivity contribution in [1.29, 1.82) is 0 Å². The minimum absolute atomic E-state index is 0. The number of aromatic nitrogens is 1. The molecule has 2 rings (SSSR count). The van der Waals surface area contributed by atoms with Crippen LogP contribution in [0.4, 0.5) is 0 Å². The van der Waals surface area contributed by atoms with E-state index in [1.807, 2.05) is 11.6 Å². The fourth-order valence-electron chi connectivity index (χ4n) is 1.98. The van der Waals surface area contributed by atoms with Crippen LogP contribution >= 0.6 is 23.7 Å². The van der Waals surface area contributed by atoms with Crippen molar-refractivity contribution in [3.8, 4) is 0 Å². The van der Waals surface area contributed by atoms with E-state index in [0.29, 0.717) is 6.04 Å². The largest absolute Gasteiger partial charge is 0.316 e. The van der Waals surface area contributed by atoms with E-state index < -0.39 is 0 Å². The third kappa shape index (κ3) is 4.01. The highest BCUT2D eigenvalue weighted by Crippen LogP contribution is 2.16. The highest BCUT2D eigenvalue weighted by atomic mass is 35.5. The average molecular weight is 262 g/mol. The molecule has 1 aliphatic heterocycles. The van der Waals surface area contributed by atoms with E-state index in [4.69, 9.17) is 0 Å². The second-order valence-electron chi connectivity index (χ2n) is 4.21. The molecule has 0 spiro atoms. The van der Waals surface area contributed by atoms with E-state index in [-0.39, 0.29) is 12.4 Å². The van der Waals surface area contributed by atoms with Gasteiger partial charge in [-0.3, -0.25) is 0 Å². The molecule has 92 valence electrons. The number of nitrogens with zero attached hydrogens (tertiary/aromatic N) is 1. The molecular weight excluding hydrogens is 242 g/mol. The number of thiazole rings is 1. The van der Waals surface area contributed by atoms with Gasteiger partial charge in [-0.25, -0.2) is 4.98 Å². The fraction of sp³-hybridized carbons (Fsp3) is 0.727. The van der Waals surface area contributed by atoms with Gasteiger partial charge in [0.1, 0.15) is 5.01 Å². The van der Waals surface area contributed by atoms with Crippen LogP contribution in [0.5, 0.6) is 0 Å². The van der Waals surface area contributed by atoms with Crippen LogP contribution in [0.3, 0.4) is 0 Å². The highest BCUT2D eigenvalue weighted by molar-refractivity contribution is 7.09. The first kappa shape index (κ1) is 13.9. The van der Waals surface area contributed by atoms with Crippen LogP contribution in [0.1, 0.15) is 30.8 Å². The third-order valence-electron chi connectivity index (χ3n) is 2.93. The maximum absolute atomic E-state index is 4.32. The molecule has 2 atom stereocenters. The molecule has 1 aliphatic rings. The van der Waals surface area contributed by atoms with Crippen molar-refractivity contribution in [1.82, 2.24) is 15.6 Å². The fourth-order valence-corrected chi connectivity index (χ4v) is 2.65. The Morgan fingerprint density at radius 2 is 2.56 bits per heavy atom. The van der Waals surface area contributed by atoms with Crippen molar-refractivity contribution < 1.29 is 0 Å². The maximum Gasteiger partial charge on any atom is 0.109 e. The average Bonchev–Trinajstić information content (AvgIpc) is 2.81. The van der Waals surface area contributed by atoms with Gasteiger partial charge in [0, 0.05) is 11.6 Å². The van der Waals surface area contributed by atoms with E-state index in [0.717, 1.165) is 19.0 Å². The summed E-state index contributed by atoms with van der Waals surface area (Å²) in [5.41, 5.74) is 0. The number of hydrogen-bond acceptors (Lipinski definition) is 4. The van der Waals surface area contributed by atoms with Gasteiger partial charge in [0.25, 0.3) is 0 Å². The minimum atomic E-state index is 0. The Morgan fingerprint density at radius 3 is 3.19 bits per heavy atom. The molecule has 1 aromatic rings. The second-order valence-corrected chi connectivity index (χ2v) is 5.14. The Kier molecular flexibility index (Phi) is 6.28. The monoisotopic (exact) mass is 261 g/mol. The molecule has 0 saturated carbocycles. The molecule has 0 bridgehead atoms. The summed E-state index contributed by atoms with van der Waals surface area (Å²) >= 11 is 1.73. The molecule has 2 N–H and O–H groups in total. The minimum Gasteiger partial charge on any atom is -0.316 e. The van der Waals surface area contributed by atoms with Crippen LogP contribution in [0.15, 0.2) is 11.6 Å². The Hall–Kier alpha value is -0.160. The molecule has 5 heteroatoms. The summed E-state index contributed by atoms with van der Waals surface area (Å²) in [6, 6.07) is 0.395. The van der Waals surface area contributed by atoms with Gasteiger partial charge >= 0.3 is 0 Å². The predicted octanol–water partition coefficient (Wildman–Crippen LogP) is 2.22. The van der Waals surface area contributed by atoms with E-state index in [9.17, 15) is 0 Å². The zero-order chi connectivity index (χ0) is 10.5. The van der Waals surface area contributed by atoms with Gasteiger partial charge in [-0.2, -0.15) is 0 Å². The van der Waals surface area contributed by atoms with Crippen molar-refractivity contribution in [3.05, 3.63) is 16.6 Å². The number of hydrogen-bond donors (Lipinski definition) is 2. The van der Waals surface area contributed by atoms with E-state index in [2.05, 4.69) is 22.5 Å². The van der Waals surface area contributed by atoms with Crippen LogP contribution in [-0.4, -0.2) is 24.6 Å². The molecule has 2 unspecified atom stereocenters. The molecular formula is C11H20ClN3S. The van der Waals surface area contributed by atoms with Gasteiger partial charge in [0.05, 0.1) is 6.04 Å². The van der Waals surface area contributed by atoms with Crippen LogP contribution in [0.2, 0.25) is 0 Å². The van der Waals surface area contributed by atoms with Crippen molar-refractivity contribution in [3.63, 3.8) is 0 Å². The molecule has 0 aliphatic carbocycles. The Morgan fingerprint density at radius 1 is 1.69 bits per heavy atom. The van der Waals surface area contributed by atoms with E-state index in [1.54, 1.807) is 11.3 Å². The summed E-state index contributed by atoms with van der Waals surface area (Å²) in [6.45, 7) is 5.65. The van der Waals surface area contributed by atoms with Gasteiger partial charge in [-0.1, -0.05) is 0 Å². The first-order chi connectivity index (χ1) is 7.36. The standard InChI is InChI=1S/C11H19N3S.ClH/c1-9(11-13-5-6-15-11)14-8-10-3-2-4-12-7-10;/h5-6,9-10,12,14H,2-4,7-8H2,1H3;1H. The molecule has 0 aromatic carbocycles. The van der Waals surface area contributed by atoms with Crippen LogP contribution < -0.4 is 10.6 Å². The summed E-state index contributed by atoms with van der Waals surface area (Å²) < 4.78 is 0. The molecule has 1 saturated heterocycles. The third-order valence-corrected chi connectivity index (χ3v) is 3.89. The summed E-state index contributed by atoms with van der Waals surface area (Å²) in [5.74, 6) is 0.793. The predicted molar refractivity (Wildman–Crippen MR) is 71.4 cm³/mol. The lowest BCUT2D eigenvalue weighted by Gasteiger charge is -2.24. The van der Waals surface area contributed by atoms with Crippen molar-refractivity contribution in [2.75, 3.05) is 19.6 Å². The van der Waals surface area contributed by atoms with Crippen LogP contribution in [0.25, 0.3) is 0 Å². The molecule has 3 nitrogen and oxygen atoms in total. The van der Waals surface area contributed by atoms with Crippen LogP contribution in [0, 0.1) is 5.92 Å². The zero-order valence-electron chi connectivity index (χ0n) is 9.61. The first-order valence-electron chi connectivity index (χ1n) is 5.70. The van der Waals surface area contributed by atoms with Crippen LogP contribution in [-0.2, 0) is 0 Å². The van der Waals surface area contributed by atoms with Gasteiger partial charge < -0.3 is 10.6 Å². The first-order valence-corrected chi connectivity index (χ1v) is 6.57. The lowest BCUT2D eigenvalue weighted by Crippen LogP contribution is -2.36. The molecule has 16 heavy (non-hydrogen) atoms. The topological polar surface area (TPSA) is 37.0 Å². The SMILES string of the molecule is CC(NCC1CCCNC1)c1nccs1.Cl. The summed E-state index contributed by atoms with van der Waals surface area (Å²) in [5, 5.41) is 10.2. The molecule has 2 heterocycles. The lowest BCUT2D eigenvalue weighted by molar-refractivity contribution is 0.348.